The average molecular weight is 481 g/mol. The molecule has 2 amide bonds. The van der Waals surface area contributed by atoms with Crippen molar-refractivity contribution in [2.45, 2.75) is 44.7 Å². The third-order valence-corrected chi connectivity index (χ3v) is 7.04. The van der Waals surface area contributed by atoms with Crippen molar-refractivity contribution < 1.29 is 29.0 Å². The maximum atomic E-state index is 12.8. The molecule has 3 unspecified atom stereocenters. The van der Waals surface area contributed by atoms with Crippen LogP contribution in [0.1, 0.15) is 43.7 Å². The van der Waals surface area contributed by atoms with Gasteiger partial charge in [0.2, 0.25) is 5.91 Å². The van der Waals surface area contributed by atoms with Crippen LogP contribution in [0.3, 0.4) is 0 Å². The number of rotatable bonds is 8. The summed E-state index contributed by atoms with van der Waals surface area (Å²) in [4.78, 5) is 38.3. The highest BCUT2D eigenvalue weighted by molar-refractivity contribution is 5.83. The number of nitrogens with zero attached hydrogens (tertiary/aromatic N) is 1. The molecule has 2 N–H and O–H groups in total. The summed E-state index contributed by atoms with van der Waals surface area (Å²) in [7, 11) is 0. The van der Waals surface area contributed by atoms with Crippen LogP contribution in [0.4, 0.5) is 4.79 Å². The monoisotopic (exact) mass is 480 g/mol. The molecule has 1 heterocycles. The van der Waals surface area contributed by atoms with Gasteiger partial charge in [-0.3, -0.25) is 4.79 Å². The van der Waals surface area contributed by atoms with E-state index in [4.69, 9.17) is 9.47 Å². The van der Waals surface area contributed by atoms with Gasteiger partial charge in [-0.1, -0.05) is 48.5 Å². The van der Waals surface area contributed by atoms with E-state index in [-0.39, 0.29) is 36.8 Å². The Morgan fingerprint density at radius 3 is 2.34 bits per heavy atom. The minimum Gasteiger partial charge on any atom is -0.480 e. The van der Waals surface area contributed by atoms with E-state index < -0.39 is 18.1 Å². The summed E-state index contributed by atoms with van der Waals surface area (Å²) < 4.78 is 11.2. The molecule has 186 valence electrons. The van der Waals surface area contributed by atoms with E-state index in [2.05, 4.69) is 29.6 Å². The molecule has 0 aromatic heterocycles. The smallest absolute Gasteiger partial charge is 0.407 e. The lowest BCUT2D eigenvalue weighted by atomic mass is 9.92. The highest BCUT2D eigenvalue weighted by Gasteiger charge is 2.34. The third kappa shape index (κ3) is 5.32. The predicted octanol–water partition coefficient (Wildman–Crippen LogP) is 3.64. The first-order valence-corrected chi connectivity index (χ1v) is 12.1. The lowest BCUT2D eigenvalue weighted by Gasteiger charge is -2.33. The molecule has 3 atom stereocenters. The van der Waals surface area contributed by atoms with Crippen LogP contribution >= 0.6 is 0 Å². The zero-order valence-electron chi connectivity index (χ0n) is 20.1. The zero-order valence-corrected chi connectivity index (χ0v) is 20.1. The number of nitrogens with one attached hydrogen (secondary N) is 1. The number of carboxylic acid groups (broad SMARTS) is 1. The Balaban J connectivity index is 1.37. The molecule has 1 aliphatic carbocycles. The number of carboxylic acids is 1. The number of ether oxygens (including phenoxy) is 2. The van der Waals surface area contributed by atoms with Crippen LogP contribution < -0.4 is 5.32 Å². The fraction of sp³-hybridized carbons (Fsp3) is 0.444. The first-order valence-electron chi connectivity index (χ1n) is 12.1. The number of carbonyl (C=O) groups is 3. The van der Waals surface area contributed by atoms with Crippen molar-refractivity contribution in [2.75, 3.05) is 26.4 Å². The summed E-state index contributed by atoms with van der Waals surface area (Å²) in [6.45, 7) is 4.55. The summed E-state index contributed by atoms with van der Waals surface area (Å²) in [5, 5.41) is 12.2. The zero-order chi connectivity index (χ0) is 24.9. The van der Waals surface area contributed by atoms with Gasteiger partial charge in [-0.15, -0.1) is 0 Å². The SMILES string of the molecule is CCN(C(=O)CC1COCCC1NC(=O)OCC1c2ccccc2-c2ccccc21)C(C)C(=O)O. The van der Waals surface area contributed by atoms with Crippen molar-refractivity contribution in [3.05, 3.63) is 59.7 Å². The van der Waals surface area contributed by atoms with Crippen LogP contribution in [-0.2, 0) is 19.1 Å². The molecule has 0 spiro atoms. The summed E-state index contributed by atoms with van der Waals surface area (Å²) in [6, 6.07) is 15.1. The van der Waals surface area contributed by atoms with Crippen molar-refractivity contribution in [3.8, 4) is 11.1 Å². The summed E-state index contributed by atoms with van der Waals surface area (Å²) in [5.74, 6) is -1.60. The molecule has 1 fully saturated rings. The molecule has 0 saturated carbocycles. The van der Waals surface area contributed by atoms with Crippen molar-refractivity contribution >= 4 is 18.0 Å². The highest BCUT2D eigenvalue weighted by atomic mass is 16.5. The number of hydrogen-bond donors (Lipinski definition) is 2. The van der Waals surface area contributed by atoms with Crippen LogP contribution in [0.2, 0.25) is 0 Å². The molecule has 35 heavy (non-hydrogen) atoms. The Kier molecular flexibility index (Phi) is 7.70. The van der Waals surface area contributed by atoms with Crippen LogP contribution in [0.5, 0.6) is 0 Å². The Morgan fingerprint density at radius 1 is 1.11 bits per heavy atom. The summed E-state index contributed by atoms with van der Waals surface area (Å²) in [5.41, 5.74) is 4.61. The Morgan fingerprint density at radius 2 is 1.74 bits per heavy atom. The second kappa shape index (κ2) is 10.9. The molecule has 2 aromatic rings. The number of alkyl carbamates (subject to hydrolysis) is 1. The van der Waals surface area contributed by atoms with Crippen LogP contribution in [0.25, 0.3) is 11.1 Å². The van der Waals surface area contributed by atoms with E-state index in [0.29, 0.717) is 26.2 Å². The van der Waals surface area contributed by atoms with E-state index in [1.54, 1.807) is 6.92 Å². The highest BCUT2D eigenvalue weighted by Crippen LogP contribution is 2.44. The lowest BCUT2D eigenvalue weighted by Crippen LogP contribution is -2.49. The second-order valence-corrected chi connectivity index (χ2v) is 9.10. The van der Waals surface area contributed by atoms with Gasteiger partial charge in [0, 0.05) is 37.5 Å². The molecule has 8 nitrogen and oxygen atoms in total. The minimum atomic E-state index is -1.05. The number of aliphatic carboxylic acids is 1. The van der Waals surface area contributed by atoms with Gasteiger partial charge < -0.3 is 24.8 Å². The molecule has 1 saturated heterocycles. The van der Waals surface area contributed by atoms with E-state index in [0.717, 1.165) is 22.3 Å². The van der Waals surface area contributed by atoms with Crippen molar-refractivity contribution in [2.24, 2.45) is 5.92 Å². The quantitative estimate of drug-likeness (QED) is 0.598. The number of carbonyl (C=O) groups excluding carboxylic acids is 2. The van der Waals surface area contributed by atoms with Gasteiger partial charge in [0.15, 0.2) is 0 Å². The Hall–Kier alpha value is -3.39. The van der Waals surface area contributed by atoms with Gasteiger partial charge in [-0.05, 0) is 42.5 Å². The van der Waals surface area contributed by atoms with Gasteiger partial charge in [0.1, 0.15) is 12.6 Å². The average Bonchev–Trinajstić information content (AvgIpc) is 3.18. The molecule has 0 radical (unpaired) electrons. The van der Waals surface area contributed by atoms with Crippen LogP contribution in [-0.4, -0.2) is 66.4 Å². The van der Waals surface area contributed by atoms with Crippen LogP contribution in [0, 0.1) is 5.92 Å². The van der Waals surface area contributed by atoms with Gasteiger partial charge in [0.05, 0.1) is 6.61 Å². The number of benzene rings is 2. The van der Waals surface area contributed by atoms with Gasteiger partial charge in [-0.25, -0.2) is 9.59 Å². The molecule has 2 aromatic carbocycles. The molecular formula is C27H32N2O6. The Labute approximate surface area is 205 Å². The second-order valence-electron chi connectivity index (χ2n) is 9.10. The van der Waals surface area contributed by atoms with Gasteiger partial charge >= 0.3 is 12.1 Å². The minimum absolute atomic E-state index is 0.0316. The molecule has 8 heteroatoms. The van der Waals surface area contributed by atoms with Gasteiger partial charge in [0.25, 0.3) is 0 Å². The lowest BCUT2D eigenvalue weighted by molar-refractivity contribution is -0.150. The first-order chi connectivity index (χ1) is 16.9. The van der Waals surface area contributed by atoms with E-state index >= 15 is 0 Å². The maximum Gasteiger partial charge on any atom is 0.407 e. The number of fused-ring (bicyclic) bond motifs is 3. The molecule has 4 rings (SSSR count). The van der Waals surface area contributed by atoms with E-state index in [1.165, 1.54) is 11.8 Å². The summed E-state index contributed by atoms with van der Waals surface area (Å²) in [6.07, 6.45) is 0.130. The first kappa shape index (κ1) is 24.7. The van der Waals surface area contributed by atoms with E-state index in [1.807, 2.05) is 24.3 Å². The largest absolute Gasteiger partial charge is 0.480 e. The van der Waals surface area contributed by atoms with Crippen molar-refractivity contribution in [1.29, 1.82) is 0 Å². The van der Waals surface area contributed by atoms with E-state index in [9.17, 15) is 19.5 Å². The Bertz CT molecular complexity index is 1040. The van der Waals surface area contributed by atoms with Gasteiger partial charge in [-0.2, -0.15) is 0 Å². The van der Waals surface area contributed by atoms with Crippen molar-refractivity contribution in [1.82, 2.24) is 10.2 Å². The molecule has 0 bridgehead atoms. The third-order valence-electron chi connectivity index (χ3n) is 7.04. The van der Waals surface area contributed by atoms with Crippen LogP contribution in [0.15, 0.2) is 48.5 Å². The molecule has 1 aliphatic heterocycles. The fourth-order valence-electron chi connectivity index (χ4n) is 5.12. The molecular weight excluding hydrogens is 448 g/mol. The van der Waals surface area contributed by atoms with Crippen molar-refractivity contribution in [3.63, 3.8) is 0 Å². The predicted molar refractivity (Wildman–Crippen MR) is 130 cm³/mol. The number of amides is 2. The fourth-order valence-corrected chi connectivity index (χ4v) is 5.12. The number of hydrogen-bond acceptors (Lipinski definition) is 5. The normalized spacial score (nSPS) is 19.8. The summed E-state index contributed by atoms with van der Waals surface area (Å²) >= 11 is 0. The topological polar surface area (TPSA) is 105 Å². The number of likely N-dealkylation sites (N-methyl/N-ethyl adjacent to an activating group) is 1. The molecule has 2 aliphatic rings. The standard InChI is InChI=1S/C27H32N2O6/c1-3-29(17(2)26(31)32)25(30)14-18-15-34-13-12-24(18)28-27(33)35-16-23-21-10-6-4-8-19(21)20-9-5-7-11-22(20)23/h4-11,17-18,23-24H,3,12-16H2,1-2H3,(H,28,33)(H,31,32). The maximum absolute atomic E-state index is 12.8.